The van der Waals surface area contributed by atoms with Gasteiger partial charge >= 0.3 is 35.7 Å². The van der Waals surface area contributed by atoms with Crippen molar-refractivity contribution in [3.05, 3.63) is 74.2 Å². The fourth-order valence-electron chi connectivity index (χ4n) is 2.39. The van der Waals surface area contributed by atoms with E-state index in [1.165, 1.54) is 24.3 Å². The molecule has 0 radical (unpaired) electrons. The van der Waals surface area contributed by atoms with Crippen molar-refractivity contribution in [1.82, 2.24) is 0 Å². The monoisotopic (exact) mass is 600 g/mol. The van der Waals surface area contributed by atoms with Crippen LogP contribution in [0.15, 0.2) is 73.0 Å². The summed E-state index contributed by atoms with van der Waals surface area (Å²) >= 11 is 27.5. The molecule has 0 aliphatic heterocycles. The molecule has 3 aromatic rings. The van der Waals surface area contributed by atoms with Gasteiger partial charge in [0.05, 0.1) is 40.3 Å². The average Bonchev–Trinajstić information content (AvgIpc) is 2.72. The molecule has 0 aliphatic carbocycles. The van der Waals surface area contributed by atoms with Crippen LogP contribution in [0.2, 0.25) is 20.1 Å². The number of rotatable bonds is 5. The maximum atomic E-state index is 12.8. The Bertz CT molecular complexity index is 1240. The first kappa shape index (κ1) is 29.5. The summed E-state index contributed by atoms with van der Waals surface area (Å²) in [7, 11) is -4.59. The largest absolute Gasteiger partial charge is 1.00 e. The molecule has 3 rings (SSSR count). The molecule has 0 aliphatic rings. The van der Waals surface area contributed by atoms with Gasteiger partial charge in [-0.2, -0.15) is 13.2 Å². The zero-order valence-corrected chi connectivity index (χ0v) is 23.7. The van der Waals surface area contributed by atoms with Crippen LogP contribution < -0.4 is 29.6 Å². The molecule has 0 N–H and O–H groups in total. The molecule has 0 spiro atoms. The van der Waals surface area contributed by atoms with Crippen molar-refractivity contribution in [2.24, 2.45) is 0 Å². The van der Waals surface area contributed by atoms with Gasteiger partial charge in [-0.05, 0) is 48.5 Å². The molecule has 0 amide bonds. The number of benzene rings is 3. The third-order valence-corrected chi connectivity index (χ3v) is 9.16. The molecule has 33 heavy (non-hydrogen) atoms. The Balaban J connectivity index is 0.00000385. The van der Waals surface area contributed by atoms with Gasteiger partial charge in [0.2, 0.25) is 0 Å². The van der Waals surface area contributed by atoms with Crippen molar-refractivity contribution in [2.75, 3.05) is 0 Å². The first-order valence-electron chi connectivity index (χ1n) is 8.24. The summed E-state index contributed by atoms with van der Waals surface area (Å²) in [6.07, 6.45) is -4.46. The maximum Gasteiger partial charge on any atom is 1.00 e. The second-order valence-electron chi connectivity index (χ2n) is 6.07. The predicted molar refractivity (Wildman–Crippen MR) is 121 cm³/mol. The minimum atomic E-state index is -4.59. The molecular formula is C19H8Cl4F3NaO3S3. The standard InChI is InChI=1S/C19H9Cl4F3O3S3.Na/c20-13-15(22)18(31-11-5-7-12(8-6-11)32(27,28)29)16(23)14(21)17(13)30-10-3-1-9(2-4-10)19(24,25)26;/h1-8H,(H,27,28,29);/q;+1/p-1. The van der Waals surface area contributed by atoms with Gasteiger partial charge in [0.1, 0.15) is 10.1 Å². The van der Waals surface area contributed by atoms with E-state index in [2.05, 4.69) is 0 Å². The minimum absolute atomic E-state index is 0. The molecule has 0 fully saturated rings. The van der Waals surface area contributed by atoms with Crippen molar-refractivity contribution in [1.29, 1.82) is 0 Å². The number of alkyl halides is 3. The SMILES string of the molecule is O=S(=O)([O-])c1ccc(Sc2c(Cl)c(Cl)c(Sc3ccc(C(F)(F)F)cc3)c(Cl)c2Cl)cc1.[Na+]. The Labute approximate surface area is 238 Å². The Hall–Kier alpha value is 0.220. The van der Waals surface area contributed by atoms with Gasteiger partial charge in [-0.15, -0.1) is 0 Å². The van der Waals surface area contributed by atoms with Crippen LogP contribution in [0.25, 0.3) is 0 Å². The van der Waals surface area contributed by atoms with E-state index in [1.807, 2.05) is 0 Å². The van der Waals surface area contributed by atoms with E-state index in [4.69, 9.17) is 46.4 Å². The Morgan fingerprint density at radius 2 is 1.03 bits per heavy atom. The summed E-state index contributed by atoms with van der Waals surface area (Å²) in [6, 6.07) is 9.50. The third-order valence-electron chi connectivity index (χ3n) is 3.92. The van der Waals surface area contributed by atoms with Gasteiger partial charge in [-0.3, -0.25) is 0 Å². The van der Waals surface area contributed by atoms with Crippen LogP contribution in [0.1, 0.15) is 5.56 Å². The van der Waals surface area contributed by atoms with Gasteiger partial charge in [0.25, 0.3) is 0 Å². The summed E-state index contributed by atoms with van der Waals surface area (Å²) in [6.45, 7) is 0. The van der Waals surface area contributed by atoms with Crippen LogP contribution in [-0.4, -0.2) is 13.0 Å². The fraction of sp³-hybridized carbons (Fsp3) is 0.0526. The molecule has 0 saturated heterocycles. The van der Waals surface area contributed by atoms with E-state index in [0.29, 0.717) is 9.79 Å². The average molecular weight is 602 g/mol. The molecule has 0 atom stereocenters. The Morgan fingerprint density at radius 3 is 1.33 bits per heavy atom. The van der Waals surface area contributed by atoms with Crippen LogP contribution in [0.5, 0.6) is 0 Å². The topological polar surface area (TPSA) is 57.2 Å². The van der Waals surface area contributed by atoms with E-state index >= 15 is 0 Å². The van der Waals surface area contributed by atoms with Crippen LogP contribution in [0.4, 0.5) is 13.2 Å². The summed E-state index contributed by atoms with van der Waals surface area (Å²) in [5.74, 6) is 0. The Morgan fingerprint density at radius 1 is 0.697 bits per heavy atom. The third kappa shape index (κ3) is 7.13. The smallest absolute Gasteiger partial charge is 0.744 e. The van der Waals surface area contributed by atoms with Crippen LogP contribution in [-0.2, 0) is 16.3 Å². The molecule has 0 aromatic heterocycles. The van der Waals surface area contributed by atoms with Crippen molar-refractivity contribution in [3.63, 3.8) is 0 Å². The molecular weight excluding hydrogens is 594 g/mol. The van der Waals surface area contributed by atoms with Gasteiger partial charge in [-0.1, -0.05) is 69.9 Å². The van der Waals surface area contributed by atoms with Crippen molar-refractivity contribution in [3.8, 4) is 0 Å². The molecule has 0 unspecified atom stereocenters. The van der Waals surface area contributed by atoms with Gasteiger partial charge in [0.15, 0.2) is 0 Å². The molecule has 3 nitrogen and oxygen atoms in total. The normalized spacial score (nSPS) is 11.9. The molecule has 0 bridgehead atoms. The summed E-state index contributed by atoms with van der Waals surface area (Å²) in [4.78, 5) is 1.11. The minimum Gasteiger partial charge on any atom is -0.744 e. The van der Waals surface area contributed by atoms with Crippen molar-refractivity contribution >= 4 is 80.0 Å². The van der Waals surface area contributed by atoms with E-state index in [0.717, 1.165) is 47.8 Å². The first-order chi connectivity index (χ1) is 14.8. The summed E-state index contributed by atoms with van der Waals surface area (Å²) in [5.41, 5.74) is -0.794. The zero-order chi connectivity index (χ0) is 23.8. The van der Waals surface area contributed by atoms with Gasteiger partial charge < -0.3 is 4.55 Å². The Kier molecular flexibility index (Phi) is 10.3. The second kappa shape index (κ2) is 11.5. The summed E-state index contributed by atoms with van der Waals surface area (Å²) < 4.78 is 71.4. The predicted octanol–water partition coefficient (Wildman–Crippen LogP) is 5.53. The first-order valence-corrected chi connectivity index (χ1v) is 12.8. The molecule has 0 saturated carbocycles. The van der Waals surface area contributed by atoms with E-state index < -0.39 is 26.8 Å². The number of hydrogen-bond donors (Lipinski definition) is 0. The van der Waals surface area contributed by atoms with Crippen molar-refractivity contribution in [2.45, 2.75) is 30.7 Å². The maximum absolute atomic E-state index is 12.8. The number of hydrogen-bond acceptors (Lipinski definition) is 5. The van der Waals surface area contributed by atoms with E-state index in [1.54, 1.807) is 0 Å². The molecule has 3 aromatic carbocycles. The van der Waals surface area contributed by atoms with Crippen LogP contribution in [0, 0.1) is 0 Å². The van der Waals surface area contributed by atoms with Crippen molar-refractivity contribution < 1.29 is 55.7 Å². The molecule has 0 heterocycles. The summed E-state index contributed by atoms with van der Waals surface area (Å²) in [5, 5.41) is 0.210. The molecule has 14 heteroatoms. The van der Waals surface area contributed by atoms with Crippen LogP contribution >= 0.6 is 69.9 Å². The van der Waals surface area contributed by atoms with E-state index in [9.17, 15) is 26.1 Å². The fourth-order valence-corrected chi connectivity index (χ4v) is 6.18. The van der Waals surface area contributed by atoms with E-state index in [-0.39, 0.29) is 59.4 Å². The number of halogens is 7. The zero-order valence-electron chi connectivity index (χ0n) is 16.2. The van der Waals surface area contributed by atoms with Gasteiger partial charge in [-0.25, -0.2) is 8.42 Å². The quantitative estimate of drug-likeness (QED) is 0.219. The second-order valence-corrected chi connectivity index (χ2v) is 11.1. The van der Waals surface area contributed by atoms with Crippen LogP contribution in [0.3, 0.4) is 0 Å². The molecule has 170 valence electrons. The van der Waals surface area contributed by atoms with Gasteiger partial charge in [0, 0.05) is 9.79 Å².